The first kappa shape index (κ1) is 29.4. The highest BCUT2D eigenvalue weighted by Crippen LogP contribution is 2.30. The van der Waals surface area contributed by atoms with Gasteiger partial charge in [-0.3, -0.25) is 14.2 Å². The van der Waals surface area contributed by atoms with Crippen LogP contribution in [0.5, 0.6) is 0 Å². The summed E-state index contributed by atoms with van der Waals surface area (Å²) in [5.74, 6) is 1.44. The highest BCUT2D eigenvalue weighted by Gasteiger charge is 2.27. The van der Waals surface area contributed by atoms with Gasteiger partial charge in [-0.15, -0.1) is 0 Å². The van der Waals surface area contributed by atoms with Crippen LogP contribution in [0.15, 0.2) is 89.7 Å². The minimum atomic E-state index is -4.19. The van der Waals surface area contributed by atoms with Crippen LogP contribution in [0.2, 0.25) is 0 Å². The summed E-state index contributed by atoms with van der Waals surface area (Å²) in [6.45, 7) is 9.69. The van der Waals surface area contributed by atoms with Gasteiger partial charge in [0.25, 0.3) is 0 Å². The number of alkyl halides is 3. The smallest absolute Gasteiger partial charge is 0.352 e. The zero-order valence-electron chi connectivity index (χ0n) is 23.2. The van der Waals surface area contributed by atoms with Crippen molar-refractivity contribution in [2.75, 3.05) is 36.4 Å². The second-order valence-electron chi connectivity index (χ2n) is 9.81. The van der Waals surface area contributed by atoms with Crippen molar-refractivity contribution in [3.63, 3.8) is 0 Å². The molecule has 214 valence electrons. The molecule has 1 N–H and O–H groups in total. The van der Waals surface area contributed by atoms with E-state index in [-0.39, 0.29) is 11.3 Å². The lowest BCUT2D eigenvalue weighted by atomic mass is 10.1. The number of nitrogens with zero attached hydrogens (tertiary/aromatic N) is 4. The van der Waals surface area contributed by atoms with E-state index >= 15 is 0 Å². The molecule has 4 aromatic rings. The fourth-order valence-corrected chi connectivity index (χ4v) is 4.52. The molecule has 0 bridgehead atoms. The first-order valence-electron chi connectivity index (χ1n) is 13.1. The minimum absolute atomic E-state index is 0.0739. The number of rotatable bonds is 4. The van der Waals surface area contributed by atoms with E-state index in [2.05, 4.69) is 21.4 Å². The molecule has 5 rings (SSSR count). The van der Waals surface area contributed by atoms with Gasteiger partial charge in [0.1, 0.15) is 11.6 Å². The van der Waals surface area contributed by atoms with E-state index in [1.165, 1.54) is 0 Å². The number of carbonyl (C=O) groups excluding carboxylic acids is 1. The molecular formula is C31H32F3N5O2. The molecule has 7 nitrogen and oxygen atoms in total. The molecule has 1 aliphatic heterocycles. The first-order chi connectivity index (χ1) is 19.5. The molecule has 2 aromatic carbocycles. The Balaban J connectivity index is 0.000000493. The van der Waals surface area contributed by atoms with Crippen molar-refractivity contribution in [3.05, 3.63) is 101 Å². The predicted octanol–water partition coefficient (Wildman–Crippen LogP) is 6.23. The van der Waals surface area contributed by atoms with Crippen molar-refractivity contribution in [2.24, 2.45) is 0 Å². The molecule has 2 aromatic heterocycles. The van der Waals surface area contributed by atoms with Gasteiger partial charge in [0.15, 0.2) is 5.43 Å². The number of carbonyl (C=O) groups is 1. The number of anilines is 3. The van der Waals surface area contributed by atoms with Crippen molar-refractivity contribution in [2.45, 2.75) is 26.9 Å². The van der Waals surface area contributed by atoms with E-state index < -0.39 is 11.7 Å². The number of benzene rings is 2. The Morgan fingerprint density at radius 1 is 0.927 bits per heavy atom. The Labute approximate surface area is 236 Å². The normalized spacial score (nSPS) is 13.4. The maximum absolute atomic E-state index is 13.5. The summed E-state index contributed by atoms with van der Waals surface area (Å²) >= 11 is 0. The molecule has 0 unspecified atom stereocenters. The van der Waals surface area contributed by atoms with Crippen LogP contribution in [0.25, 0.3) is 16.6 Å². The molecule has 1 aliphatic rings. The molecule has 0 aliphatic carbocycles. The van der Waals surface area contributed by atoms with Gasteiger partial charge >= 0.3 is 6.18 Å². The van der Waals surface area contributed by atoms with Gasteiger partial charge in [-0.1, -0.05) is 43.0 Å². The predicted molar refractivity (Wildman–Crippen MR) is 157 cm³/mol. The number of aromatic nitrogens is 2. The van der Waals surface area contributed by atoms with E-state index in [4.69, 9.17) is 4.98 Å². The molecular weight excluding hydrogens is 531 g/mol. The monoisotopic (exact) mass is 563 g/mol. The standard InChI is InChI=1S/C27H27N5O2.C4H5F3/c1-19-17-23-26(27(28-19)31-15-13-30(14-16-31)20(2)33)24(34)18-25(29-21-9-5-3-6-10-21)32(23)22-11-7-4-8-12-22;1-3(2)4(5,6)7/h3-12,17-18,29H,13-16H2,1-2H3;1H2,2H3. The van der Waals surface area contributed by atoms with E-state index in [0.717, 1.165) is 29.5 Å². The van der Waals surface area contributed by atoms with Gasteiger partial charge in [0.05, 0.1) is 10.9 Å². The van der Waals surface area contributed by atoms with Crippen molar-refractivity contribution < 1.29 is 18.0 Å². The van der Waals surface area contributed by atoms with Gasteiger partial charge < -0.3 is 15.1 Å². The minimum Gasteiger partial charge on any atom is -0.352 e. The van der Waals surface area contributed by atoms with Crippen molar-refractivity contribution in [3.8, 4) is 5.69 Å². The van der Waals surface area contributed by atoms with Gasteiger partial charge in [-0.25, -0.2) is 4.98 Å². The van der Waals surface area contributed by atoms with E-state index in [9.17, 15) is 22.8 Å². The van der Waals surface area contributed by atoms with E-state index in [1.54, 1.807) is 13.0 Å². The van der Waals surface area contributed by atoms with E-state index in [0.29, 0.717) is 43.2 Å². The molecule has 1 amide bonds. The van der Waals surface area contributed by atoms with Crippen LogP contribution in [-0.2, 0) is 4.79 Å². The second kappa shape index (κ2) is 12.3. The third kappa shape index (κ3) is 6.95. The topological polar surface area (TPSA) is 70.5 Å². The van der Waals surface area contributed by atoms with Crippen molar-refractivity contribution >= 4 is 34.1 Å². The fourth-order valence-electron chi connectivity index (χ4n) is 4.52. The maximum Gasteiger partial charge on any atom is 0.411 e. The SMILES string of the molecule is C=C(C)C(F)(F)F.CC(=O)N1CCN(c2nc(C)cc3c2c(=O)cc(Nc2ccccc2)n3-c2ccccc2)CC1. The second-order valence-corrected chi connectivity index (χ2v) is 9.81. The highest BCUT2D eigenvalue weighted by atomic mass is 19.4. The van der Waals surface area contributed by atoms with Crippen LogP contribution in [0, 0.1) is 6.92 Å². The zero-order chi connectivity index (χ0) is 29.7. The van der Waals surface area contributed by atoms with Crippen LogP contribution >= 0.6 is 0 Å². The first-order valence-corrected chi connectivity index (χ1v) is 13.1. The fraction of sp³-hybridized carbons (Fsp3) is 0.258. The third-order valence-electron chi connectivity index (χ3n) is 6.67. The zero-order valence-corrected chi connectivity index (χ0v) is 23.2. The molecule has 0 saturated carbocycles. The van der Waals surface area contributed by atoms with Crippen LogP contribution in [0.4, 0.5) is 30.5 Å². The lowest BCUT2D eigenvalue weighted by Gasteiger charge is -2.35. The summed E-state index contributed by atoms with van der Waals surface area (Å²) in [6, 6.07) is 23.5. The van der Waals surface area contributed by atoms with Gasteiger partial charge in [-0.05, 0) is 44.2 Å². The van der Waals surface area contributed by atoms with Crippen molar-refractivity contribution in [1.82, 2.24) is 14.5 Å². The number of piperazine rings is 1. The van der Waals surface area contributed by atoms with Crippen LogP contribution < -0.4 is 15.6 Å². The summed E-state index contributed by atoms with van der Waals surface area (Å²) in [6.07, 6.45) is -4.19. The lowest BCUT2D eigenvalue weighted by molar-refractivity contribution is -0.129. The number of aryl methyl sites for hydroxylation is 1. The number of fused-ring (bicyclic) bond motifs is 1. The molecule has 10 heteroatoms. The Morgan fingerprint density at radius 2 is 1.49 bits per heavy atom. The Bertz CT molecular complexity index is 1590. The maximum atomic E-state index is 13.5. The quantitative estimate of drug-likeness (QED) is 0.298. The number of pyridine rings is 2. The molecule has 0 atom stereocenters. The number of halogens is 3. The largest absolute Gasteiger partial charge is 0.411 e. The summed E-state index contributed by atoms with van der Waals surface area (Å²) in [7, 11) is 0. The number of allylic oxidation sites excluding steroid dienone is 1. The van der Waals surface area contributed by atoms with Gasteiger partial charge in [0.2, 0.25) is 5.91 Å². The summed E-state index contributed by atoms with van der Waals surface area (Å²) < 4.78 is 35.3. The average Bonchev–Trinajstić information content (AvgIpc) is 2.93. The molecule has 1 saturated heterocycles. The number of amides is 1. The van der Waals surface area contributed by atoms with Gasteiger partial charge in [-0.2, -0.15) is 13.2 Å². The number of para-hydroxylation sites is 2. The summed E-state index contributed by atoms with van der Waals surface area (Å²) in [5, 5.41) is 4.01. The van der Waals surface area contributed by atoms with Crippen LogP contribution in [0.1, 0.15) is 19.5 Å². The van der Waals surface area contributed by atoms with E-state index in [1.807, 2.05) is 78.6 Å². The summed E-state index contributed by atoms with van der Waals surface area (Å²) in [5.41, 5.74) is 2.64. The lowest BCUT2D eigenvalue weighted by Crippen LogP contribution is -2.48. The van der Waals surface area contributed by atoms with Crippen LogP contribution in [0.3, 0.4) is 0 Å². The van der Waals surface area contributed by atoms with Crippen molar-refractivity contribution in [1.29, 1.82) is 0 Å². The average molecular weight is 564 g/mol. The Hall–Kier alpha value is -4.60. The number of hydrogen-bond donors (Lipinski definition) is 1. The highest BCUT2D eigenvalue weighted by molar-refractivity contribution is 5.93. The molecule has 41 heavy (non-hydrogen) atoms. The van der Waals surface area contributed by atoms with Gasteiger partial charge in [0, 0.05) is 61.8 Å². The third-order valence-corrected chi connectivity index (χ3v) is 6.67. The molecule has 3 heterocycles. The number of hydrogen-bond acceptors (Lipinski definition) is 5. The molecule has 0 spiro atoms. The Morgan fingerprint density at radius 3 is 2.02 bits per heavy atom. The summed E-state index contributed by atoms with van der Waals surface area (Å²) in [4.78, 5) is 34.1. The Kier molecular flexibility index (Phi) is 8.80. The molecule has 0 radical (unpaired) electrons. The van der Waals surface area contributed by atoms with Crippen LogP contribution in [-0.4, -0.2) is 52.7 Å². The molecule has 1 fully saturated rings. The number of nitrogens with one attached hydrogen (secondary N) is 1.